The van der Waals surface area contributed by atoms with Gasteiger partial charge in [-0.1, -0.05) is 49.3 Å². The van der Waals surface area contributed by atoms with Crippen molar-refractivity contribution in [1.29, 1.82) is 0 Å². The van der Waals surface area contributed by atoms with Crippen LogP contribution in [0.3, 0.4) is 0 Å². The highest BCUT2D eigenvalue weighted by Crippen LogP contribution is 2.42. The smallest absolute Gasteiger partial charge is 0.307 e. The summed E-state index contributed by atoms with van der Waals surface area (Å²) in [5, 5.41) is 9.77. The molecule has 5 heteroatoms. The van der Waals surface area contributed by atoms with Gasteiger partial charge in [-0.2, -0.15) is 0 Å². The number of oxazole rings is 1. The topological polar surface area (TPSA) is 72.6 Å². The number of nitrogens with zero attached hydrogens (tertiary/aromatic N) is 1. The number of hydrogen-bond donors (Lipinski definition) is 1. The molecule has 1 aliphatic carbocycles. The second kappa shape index (κ2) is 14.0. The van der Waals surface area contributed by atoms with Crippen LogP contribution in [0.25, 0.3) is 11.5 Å². The van der Waals surface area contributed by atoms with Gasteiger partial charge in [-0.15, -0.1) is 6.58 Å². The number of carbonyl (C=O) groups is 1. The van der Waals surface area contributed by atoms with Crippen molar-refractivity contribution in [1.82, 2.24) is 4.98 Å². The number of benzene rings is 1. The Bertz CT molecular complexity index is 1070. The Balaban J connectivity index is 0.00000222. The Morgan fingerprint density at radius 3 is 2.53 bits per heavy atom. The molecule has 1 aromatic heterocycles. The number of hydrogen-bond acceptors (Lipinski definition) is 4. The fourth-order valence-electron chi connectivity index (χ4n) is 4.78. The lowest BCUT2D eigenvalue weighted by Gasteiger charge is -2.21. The van der Waals surface area contributed by atoms with Gasteiger partial charge in [0.1, 0.15) is 5.76 Å². The molecule has 0 saturated heterocycles. The second-order valence-electron chi connectivity index (χ2n) is 9.40. The molecule has 0 radical (unpaired) electrons. The Hall–Kier alpha value is -2.92. The molecule has 3 rings (SSSR count). The lowest BCUT2D eigenvalue weighted by atomic mass is 9.83. The maximum Gasteiger partial charge on any atom is 0.307 e. The zero-order chi connectivity index (χ0) is 26.8. The van der Waals surface area contributed by atoms with E-state index in [0.29, 0.717) is 25.3 Å². The van der Waals surface area contributed by atoms with E-state index in [9.17, 15) is 9.90 Å². The lowest BCUT2D eigenvalue weighted by Crippen LogP contribution is -2.23. The summed E-state index contributed by atoms with van der Waals surface area (Å²) in [5.41, 5.74) is 6.33. The van der Waals surface area contributed by atoms with E-state index in [1.165, 1.54) is 11.1 Å². The molecule has 36 heavy (non-hydrogen) atoms. The van der Waals surface area contributed by atoms with E-state index in [1.54, 1.807) is 0 Å². The number of ether oxygens (including phenoxy) is 1. The number of aryl methyl sites for hydroxylation is 2. The Morgan fingerprint density at radius 2 is 1.94 bits per heavy atom. The van der Waals surface area contributed by atoms with Crippen LogP contribution in [0, 0.1) is 25.7 Å². The third kappa shape index (κ3) is 7.79. The summed E-state index contributed by atoms with van der Waals surface area (Å²) in [5.74, 6) is 0.308. The minimum atomic E-state index is -0.745. The van der Waals surface area contributed by atoms with Gasteiger partial charge in [-0.05, 0) is 83.1 Å². The second-order valence-corrected chi connectivity index (χ2v) is 9.40. The highest BCUT2D eigenvalue weighted by Gasteiger charge is 2.35. The third-order valence-corrected chi connectivity index (χ3v) is 6.52. The lowest BCUT2D eigenvalue weighted by molar-refractivity contribution is -0.143. The number of carboxylic acids is 1. The third-order valence-electron chi connectivity index (χ3n) is 6.52. The predicted octanol–water partition coefficient (Wildman–Crippen LogP) is 7.88. The first-order valence-corrected chi connectivity index (χ1v) is 13.1. The molecule has 1 aliphatic rings. The minimum Gasteiger partial charge on any atom is -0.481 e. The van der Waals surface area contributed by atoms with Crippen molar-refractivity contribution in [2.24, 2.45) is 11.8 Å². The average Bonchev–Trinajstić information content (AvgIpc) is 3.41. The van der Waals surface area contributed by atoms with Gasteiger partial charge in [-0.25, -0.2) is 4.98 Å². The number of aliphatic carboxylic acids is 1. The molecule has 3 atom stereocenters. The normalized spacial score (nSPS) is 19.1. The molecule has 3 unspecified atom stereocenters. The molecule has 1 heterocycles. The first-order chi connectivity index (χ1) is 17.2. The predicted molar refractivity (Wildman–Crippen MR) is 147 cm³/mol. The van der Waals surface area contributed by atoms with Gasteiger partial charge < -0.3 is 14.3 Å². The van der Waals surface area contributed by atoms with Crippen molar-refractivity contribution in [2.75, 3.05) is 6.61 Å². The van der Waals surface area contributed by atoms with Crippen LogP contribution in [0.2, 0.25) is 0 Å². The zero-order valence-electron chi connectivity index (χ0n) is 23.1. The van der Waals surface area contributed by atoms with E-state index in [2.05, 4.69) is 42.8 Å². The van der Waals surface area contributed by atoms with Crippen LogP contribution in [0.5, 0.6) is 0 Å². The molecule has 0 amide bonds. The number of carboxylic acid groups (broad SMARTS) is 1. The van der Waals surface area contributed by atoms with E-state index >= 15 is 0 Å². The maximum atomic E-state index is 11.9. The van der Waals surface area contributed by atoms with Crippen molar-refractivity contribution in [3.05, 3.63) is 76.7 Å². The molecule has 0 bridgehead atoms. The van der Waals surface area contributed by atoms with Crippen LogP contribution < -0.4 is 0 Å². The average molecular weight is 494 g/mol. The quantitative estimate of drug-likeness (QED) is 0.341. The molecule has 1 saturated carbocycles. The molecule has 0 spiro atoms. The van der Waals surface area contributed by atoms with Crippen LogP contribution in [-0.2, 0) is 16.0 Å². The van der Waals surface area contributed by atoms with Gasteiger partial charge in [0.15, 0.2) is 0 Å². The summed E-state index contributed by atoms with van der Waals surface area (Å²) < 4.78 is 12.0. The minimum absolute atomic E-state index is 0.0237. The summed E-state index contributed by atoms with van der Waals surface area (Å²) in [6.45, 7) is 18.4. The summed E-state index contributed by atoms with van der Waals surface area (Å²) >= 11 is 0. The Kier molecular flexibility index (Phi) is 11.4. The first-order valence-electron chi connectivity index (χ1n) is 13.1. The molecule has 1 fully saturated rings. The van der Waals surface area contributed by atoms with Gasteiger partial charge in [-0.3, -0.25) is 4.79 Å². The fraction of sp³-hybridized carbons (Fsp3) is 0.484. The SMILES string of the molecule is C=C(C)CC(C(=O)O)C1CCC(=C/C(C)OCCc2nc(-c3ccc(C)cc3)oc2C)/C1=C\C.CC. The summed E-state index contributed by atoms with van der Waals surface area (Å²) in [6.07, 6.45) is 7.05. The van der Waals surface area contributed by atoms with Crippen LogP contribution in [-0.4, -0.2) is 28.8 Å². The van der Waals surface area contributed by atoms with Gasteiger partial charge in [0.25, 0.3) is 0 Å². The molecular formula is C31H43NO4. The molecule has 1 aromatic carbocycles. The van der Waals surface area contributed by atoms with E-state index in [0.717, 1.165) is 41.0 Å². The highest BCUT2D eigenvalue weighted by molar-refractivity contribution is 5.72. The van der Waals surface area contributed by atoms with Crippen molar-refractivity contribution in [3.63, 3.8) is 0 Å². The van der Waals surface area contributed by atoms with Gasteiger partial charge >= 0.3 is 5.97 Å². The molecule has 2 aromatic rings. The van der Waals surface area contributed by atoms with Crippen molar-refractivity contribution >= 4 is 5.97 Å². The molecule has 196 valence electrons. The van der Waals surface area contributed by atoms with E-state index in [-0.39, 0.29) is 12.0 Å². The summed E-state index contributed by atoms with van der Waals surface area (Å²) in [6, 6.07) is 8.15. The number of rotatable bonds is 10. The monoisotopic (exact) mass is 493 g/mol. The molecule has 0 aliphatic heterocycles. The number of aromatic nitrogens is 1. The van der Waals surface area contributed by atoms with Crippen LogP contribution in [0.1, 0.15) is 70.9 Å². The van der Waals surface area contributed by atoms with Gasteiger partial charge in [0.05, 0.1) is 24.3 Å². The first kappa shape index (κ1) is 29.3. The summed E-state index contributed by atoms with van der Waals surface area (Å²) in [4.78, 5) is 16.6. The Morgan fingerprint density at radius 1 is 1.28 bits per heavy atom. The van der Waals surface area contributed by atoms with Gasteiger partial charge in [0.2, 0.25) is 5.89 Å². The van der Waals surface area contributed by atoms with E-state index < -0.39 is 11.9 Å². The number of allylic oxidation sites excluding steroid dienone is 4. The molecule has 5 nitrogen and oxygen atoms in total. The van der Waals surface area contributed by atoms with Crippen molar-refractivity contribution in [3.8, 4) is 11.5 Å². The zero-order valence-corrected chi connectivity index (χ0v) is 23.1. The highest BCUT2D eigenvalue weighted by atomic mass is 16.5. The molecular weight excluding hydrogens is 450 g/mol. The van der Waals surface area contributed by atoms with Crippen LogP contribution in [0.15, 0.2) is 64.1 Å². The summed E-state index contributed by atoms with van der Waals surface area (Å²) in [7, 11) is 0. The standard InChI is InChI=1S/C29H37NO4.C2H6/c1-7-24-23(12-13-25(24)26(29(31)32)16-18(2)3)17-20(5)33-15-14-27-21(6)34-28(30-27)22-10-8-19(4)9-11-22;1-2/h7-11,17,20,25-26H,2,12-16H2,1,3-6H3,(H,31,32);1-2H3/b23-17-,24-7+;. The largest absolute Gasteiger partial charge is 0.481 e. The fourth-order valence-corrected chi connectivity index (χ4v) is 4.78. The van der Waals surface area contributed by atoms with Crippen molar-refractivity contribution in [2.45, 2.75) is 80.3 Å². The van der Waals surface area contributed by atoms with E-state index in [1.807, 2.05) is 53.7 Å². The van der Waals surface area contributed by atoms with Crippen LogP contribution in [0.4, 0.5) is 0 Å². The van der Waals surface area contributed by atoms with Crippen molar-refractivity contribution < 1.29 is 19.1 Å². The molecule has 1 N–H and O–H groups in total. The Labute approximate surface area is 217 Å². The van der Waals surface area contributed by atoms with Gasteiger partial charge in [0, 0.05) is 12.0 Å². The van der Waals surface area contributed by atoms with Crippen LogP contribution >= 0.6 is 0 Å². The van der Waals surface area contributed by atoms with E-state index in [4.69, 9.17) is 9.15 Å². The maximum absolute atomic E-state index is 11.9.